The minimum absolute atomic E-state index is 0.00585. The van der Waals surface area contributed by atoms with Gasteiger partial charge in [-0.3, -0.25) is 10.2 Å². The molecule has 0 aliphatic carbocycles. The van der Waals surface area contributed by atoms with Crippen LogP contribution in [0.2, 0.25) is 0 Å². The lowest BCUT2D eigenvalue weighted by atomic mass is 10.0. The number of anilines is 2. The normalized spacial score (nSPS) is 15.1. The second kappa shape index (κ2) is 13.3. The summed E-state index contributed by atoms with van der Waals surface area (Å²) in [5, 5.41) is 19.0. The third-order valence-corrected chi connectivity index (χ3v) is 7.47. The van der Waals surface area contributed by atoms with E-state index in [9.17, 15) is 14.0 Å². The molecule has 14 heteroatoms. The average Bonchev–Trinajstić information content (AvgIpc) is 3.73. The standard InChI is InChI=1S/C30H33FN10O3/c1-18(12-22-4-3-11-40(22)30(43)41-17-34-15-38-41)39-28-25(27(33)36-16-37-28)26(32)20-7-5-19(6-8-20)14-35-29(42)23-13-21(31)9-10-24(23)44-2/h5-10,13,15-18,22,32H,3-4,11-12,14H2,1-2H3,(H,35,42)(H3,33,36,37,39). The fourth-order valence-corrected chi connectivity index (χ4v) is 5.30. The van der Waals surface area contributed by atoms with Crippen molar-refractivity contribution in [1.82, 2.24) is 34.9 Å². The molecule has 4 aromatic rings. The Morgan fingerprint density at radius 1 is 1.18 bits per heavy atom. The molecule has 2 amide bonds. The number of amides is 2. The first-order valence-corrected chi connectivity index (χ1v) is 14.1. The van der Waals surface area contributed by atoms with Crippen LogP contribution in [-0.2, 0) is 6.54 Å². The lowest BCUT2D eigenvalue weighted by Gasteiger charge is -2.27. The molecule has 44 heavy (non-hydrogen) atoms. The minimum atomic E-state index is -0.537. The first kappa shape index (κ1) is 30.1. The van der Waals surface area contributed by atoms with Crippen molar-refractivity contribution in [3.63, 3.8) is 0 Å². The third-order valence-electron chi connectivity index (χ3n) is 7.47. The van der Waals surface area contributed by atoms with Gasteiger partial charge in [-0.25, -0.2) is 24.1 Å². The van der Waals surface area contributed by atoms with Crippen LogP contribution in [0.15, 0.2) is 61.4 Å². The Kier molecular flexibility index (Phi) is 9.07. The number of benzene rings is 2. The largest absolute Gasteiger partial charge is 0.496 e. The summed E-state index contributed by atoms with van der Waals surface area (Å²) in [7, 11) is 1.41. The highest BCUT2D eigenvalue weighted by atomic mass is 19.1. The minimum Gasteiger partial charge on any atom is -0.496 e. The number of nitrogens with two attached hydrogens (primary N) is 1. The van der Waals surface area contributed by atoms with Crippen molar-refractivity contribution in [2.24, 2.45) is 0 Å². The molecule has 5 N–H and O–H groups in total. The first-order chi connectivity index (χ1) is 21.2. The molecule has 2 atom stereocenters. The van der Waals surface area contributed by atoms with E-state index in [2.05, 4.69) is 30.7 Å². The number of carbonyl (C=O) groups is 2. The molecule has 1 aliphatic heterocycles. The number of methoxy groups -OCH3 is 1. The topological polar surface area (TPSA) is 177 Å². The van der Waals surface area contributed by atoms with E-state index in [0.29, 0.717) is 29.9 Å². The zero-order valence-electron chi connectivity index (χ0n) is 24.3. The quantitative estimate of drug-likeness (QED) is 0.199. The van der Waals surface area contributed by atoms with E-state index in [-0.39, 0.29) is 47.5 Å². The molecule has 13 nitrogen and oxygen atoms in total. The summed E-state index contributed by atoms with van der Waals surface area (Å²) in [6.07, 6.45) is 6.49. The Morgan fingerprint density at radius 3 is 2.70 bits per heavy atom. The third kappa shape index (κ3) is 6.64. The van der Waals surface area contributed by atoms with E-state index in [4.69, 9.17) is 15.9 Å². The van der Waals surface area contributed by atoms with Gasteiger partial charge in [0.25, 0.3) is 5.91 Å². The van der Waals surface area contributed by atoms with Gasteiger partial charge in [0.1, 0.15) is 42.2 Å². The van der Waals surface area contributed by atoms with Crippen LogP contribution in [0.5, 0.6) is 5.75 Å². The summed E-state index contributed by atoms with van der Waals surface area (Å²) in [5.41, 5.74) is 8.17. The number of ether oxygens (including phenoxy) is 1. The molecule has 3 heterocycles. The molecular weight excluding hydrogens is 567 g/mol. The Balaban J connectivity index is 1.24. The summed E-state index contributed by atoms with van der Waals surface area (Å²) < 4.78 is 20.1. The second-order valence-electron chi connectivity index (χ2n) is 10.5. The van der Waals surface area contributed by atoms with Crippen molar-refractivity contribution in [2.75, 3.05) is 24.7 Å². The maximum atomic E-state index is 13.7. The molecule has 2 aromatic carbocycles. The predicted octanol–water partition coefficient (Wildman–Crippen LogP) is 3.47. The molecule has 2 unspecified atom stereocenters. The summed E-state index contributed by atoms with van der Waals surface area (Å²) >= 11 is 0. The van der Waals surface area contributed by atoms with Gasteiger partial charge in [-0.15, -0.1) is 0 Å². The number of halogens is 1. The van der Waals surface area contributed by atoms with E-state index in [1.165, 1.54) is 42.9 Å². The van der Waals surface area contributed by atoms with Crippen LogP contribution in [0, 0.1) is 11.2 Å². The highest BCUT2D eigenvalue weighted by molar-refractivity contribution is 6.16. The molecule has 2 aromatic heterocycles. The summed E-state index contributed by atoms with van der Waals surface area (Å²) in [4.78, 5) is 39.7. The molecule has 1 fully saturated rings. The van der Waals surface area contributed by atoms with Crippen molar-refractivity contribution in [3.05, 3.63) is 89.5 Å². The van der Waals surface area contributed by atoms with Gasteiger partial charge in [-0.05, 0) is 49.9 Å². The van der Waals surface area contributed by atoms with Crippen LogP contribution in [0.3, 0.4) is 0 Å². The van der Waals surface area contributed by atoms with E-state index in [0.717, 1.165) is 24.5 Å². The number of likely N-dealkylation sites (tertiary alicyclic amines) is 1. The van der Waals surface area contributed by atoms with Crippen molar-refractivity contribution in [2.45, 2.75) is 44.8 Å². The van der Waals surface area contributed by atoms with Gasteiger partial charge in [0, 0.05) is 30.7 Å². The number of nitrogens with one attached hydrogen (secondary N) is 3. The Bertz CT molecular complexity index is 1650. The van der Waals surface area contributed by atoms with Crippen LogP contribution in [0.4, 0.5) is 20.8 Å². The Morgan fingerprint density at radius 2 is 1.98 bits per heavy atom. The molecule has 0 radical (unpaired) electrons. The zero-order valence-corrected chi connectivity index (χ0v) is 24.3. The number of nitrogen functional groups attached to an aromatic ring is 1. The SMILES string of the molecule is COc1ccc(F)cc1C(=O)NCc1ccc(C(=N)c2c(N)ncnc2NC(C)CC2CCCN2C(=O)n2cncn2)cc1. The highest BCUT2D eigenvalue weighted by Crippen LogP contribution is 2.26. The van der Waals surface area contributed by atoms with Crippen molar-refractivity contribution < 1.29 is 18.7 Å². The number of carbonyl (C=O) groups excluding carboxylic acids is 2. The van der Waals surface area contributed by atoms with Gasteiger partial charge in [0.05, 0.1) is 23.9 Å². The lowest BCUT2D eigenvalue weighted by molar-refractivity contribution is 0.0947. The van der Waals surface area contributed by atoms with E-state index in [1.54, 1.807) is 24.3 Å². The molecule has 1 saturated heterocycles. The lowest BCUT2D eigenvalue weighted by Crippen LogP contribution is -2.41. The smallest absolute Gasteiger partial charge is 0.346 e. The van der Waals surface area contributed by atoms with Gasteiger partial charge < -0.3 is 26.0 Å². The first-order valence-electron chi connectivity index (χ1n) is 14.1. The monoisotopic (exact) mass is 600 g/mol. The van der Waals surface area contributed by atoms with Crippen LogP contribution >= 0.6 is 0 Å². The maximum Gasteiger partial charge on any atom is 0.346 e. The molecule has 0 bridgehead atoms. The molecule has 0 saturated carbocycles. The molecule has 0 spiro atoms. The number of hydrogen-bond acceptors (Lipinski definition) is 10. The number of rotatable bonds is 10. The van der Waals surface area contributed by atoms with Gasteiger partial charge in [0.2, 0.25) is 0 Å². The highest BCUT2D eigenvalue weighted by Gasteiger charge is 2.31. The summed E-state index contributed by atoms with van der Waals surface area (Å²) in [5.74, 6) is -0.160. The number of aromatic nitrogens is 5. The van der Waals surface area contributed by atoms with Crippen LogP contribution in [-0.4, -0.2) is 73.0 Å². The second-order valence-corrected chi connectivity index (χ2v) is 10.5. The van der Waals surface area contributed by atoms with E-state index >= 15 is 0 Å². The van der Waals surface area contributed by atoms with Crippen LogP contribution in [0.25, 0.3) is 0 Å². The number of hydrogen-bond donors (Lipinski definition) is 4. The maximum absolute atomic E-state index is 13.7. The van der Waals surface area contributed by atoms with Crippen LogP contribution < -0.4 is 21.1 Å². The average molecular weight is 601 g/mol. The summed E-state index contributed by atoms with van der Waals surface area (Å²) in [6.45, 7) is 2.82. The van der Waals surface area contributed by atoms with E-state index < -0.39 is 11.7 Å². The van der Waals surface area contributed by atoms with Gasteiger partial charge in [0.15, 0.2) is 0 Å². The van der Waals surface area contributed by atoms with Gasteiger partial charge >= 0.3 is 6.03 Å². The molecule has 228 valence electrons. The molecule has 5 rings (SSSR count). The number of nitrogens with zero attached hydrogens (tertiary/aromatic N) is 6. The van der Waals surface area contributed by atoms with Crippen molar-refractivity contribution in [3.8, 4) is 5.75 Å². The van der Waals surface area contributed by atoms with Crippen LogP contribution in [0.1, 0.15) is 53.2 Å². The Hall–Kier alpha value is -5.40. The van der Waals surface area contributed by atoms with Crippen molar-refractivity contribution in [1.29, 1.82) is 5.41 Å². The zero-order chi connectivity index (χ0) is 31.2. The van der Waals surface area contributed by atoms with Gasteiger partial charge in [-0.2, -0.15) is 9.78 Å². The molecule has 1 aliphatic rings. The fraction of sp³-hybridized carbons (Fsp3) is 0.300. The predicted molar refractivity (Wildman–Crippen MR) is 161 cm³/mol. The van der Waals surface area contributed by atoms with Crippen molar-refractivity contribution >= 4 is 29.3 Å². The van der Waals surface area contributed by atoms with Gasteiger partial charge in [-0.1, -0.05) is 24.3 Å². The fourth-order valence-electron chi connectivity index (χ4n) is 5.30. The Labute approximate surface area is 253 Å². The summed E-state index contributed by atoms with van der Waals surface area (Å²) in [6, 6.07) is 10.5. The van der Waals surface area contributed by atoms with E-state index in [1.807, 2.05) is 11.8 Å². The molecular formula is C30H33FN10O3.